The first kappa shape index (κ1) is 17.4. The van der Waals surface area contributed by atoms with Gasteiger partial charge in [0.2, 0.25) is 0 Å². The number of aromatic nitrogens is 2. The van der Waals surface area contributed by atoms with Gasteiger partial charge in [-0.15, -0.1) is 11.3 Å². The van der Waals surface area contributed by atoms with Crippen molar-refractivity contribution in [2.75, 3.05) is 27.9 Å². The predicted molar refractivity (Wildman–Crippen MR) is 95.2 cm³/mol. The quantitative estimate of drug-likeness (QED) is 0.654. The lowest BCUT2D eigenvalue weighted by Gasteiger charge is -2.13. The molecule has 3 rings (SSSR count). The van der Waals surface area contributed by atoms with Crippen LogP contribution in [0.1, 0.15) is 10.5 Å². The zero-order valence-corrected chi connectivity index (χ0v) is 15.0. The molecule has 0 saturated heterocycles. The highest BCUT2D eigenvalue weighted by Gasteiger charge is 2.16. The molecule has 0 spiro atoms. The molecule has 0 atom stereocenters. The molecule has 0 fully saturated rings. The summed E-state index contributed by atoms with van der Waals surface area (Å²) in [6.07, 6.45) is 1.38. The van der Waals surface area contributed by atoms with Crippen LogP contribution in [0, 0.1) is 0 Å². The molecule has 0 aliphatic heterocycles. The minimum atomic E-state index is -0.476. The number of ether oxygens (including phenoxy) is 3. The number of rotatable bonds is 7. The standard InChI is InChI=1S/C17H19N3O4S/c1-22-12-6-4-11(5-7-12)13-9-20-14(10-25-17(20)19-13)16(21)18-8-15(23-2)24-3/h4-7,9-10,15H,8H2,1-3H3,(H,18,21). The number of benzene rings is 1. The fourth-order valence-corrected chi connectivity index (χ4v) is 3.23. The Morgan fingerprint density at radius 2 is 1.96 bits per heavy atom. The number of fused-ring (bicyclic) bond motifs is 1. The van der Waals surface area contributed by atoms with Crippen molar-refractivity contribution in [1.29, 1.82) is 0 Å². The van der Waals surface area contributed by atoms with Crippen LogP contribution < -0.4 is 10.1 Å². The van der Waals surface area contributed by atoms with Crippen molar-refractivity contribution in [1.82, 2.24) is 14.7 Å². The van der Waals surface area contributed by atoms with Crippen LogP contribution in [0.25, 0.3) is 16.2 Å². The summed E-state index contributed by atoms with van der Waals surface area (Å²) in [7, 11) is 4.68. The number of hydrogen-bond donors (Lipinski definition) is 1. The van der Waals surface area contributed by atoms with E-state index in [0.29, 0.717) is 5.69 Å². The lowest BCUT2D eigenvalue weighted by molar-refractivity contribution is -0.0974. The van der Waals surface area contributed by atoms with Gasteiger partial charge < -0.3 is 19.5 Å². The number of amides is 1. The van der Waals surface area contributed by atoms with E-state index in [0.717, 1.165) is 22.0 Å². The van der Waals surface area contributed by atoms with E-state index in [1.165, 1.54) is 25.6 Å². The number of hydrogen-bond acceptors (Lipinski definition) is 6. The molecule has 0 aliphatic rings. The molecule has 132 valence electrons. The molecule has 1 aromatic carbocycles. The lowest BCUT2D eigenvalue weighted by Crippen LogP contribution is -2.34. The summed E-state index contributed by atoms with van der Waals surface area (Å²) < 4.78 is 17.1. The van der Waals surface area contributed by atoms with Crippen molar-refractivity contribution < 1.29 is 19.0 Å². The molecular formula is C17H19N3O4S. The number of carbonyl (C=O) groups is 1. The van der Waals surface area contributed by atoms with Gasteiger partial charge in [-0.1, -0.05) is 0 Å². The molecule has 2 aromatic heterocycles. The van der Waals surface area contributed by atoms with Crippen LogP contribution in [-0.2, 0) is 9.47 Å². The summed E-state index contributed by atoms with van der Waals surface area (Å²) in [5.41, 5.74) is 2.29. The molecule has 2 heterocycles. The molecule has 0 unspecified atom stereocenters. The van der Waals surface area contributed by atoms with Gasteiger partial charge in [0.25, 0.3) is 5.91 Å². The van der Waals surface area contributed by atoms with E-state index in [1.54, 1.807) is 16.9 Å². The van der Waals surface area contributed by atoms with Crippen LogP contribution in [-0.4, -0.2) is 49.5 Å². The Balaban J connectivity index is 1.81. The molecule has 1 amide bonds. The second kappa shape index (κ2) is 7.64. The summed E-state index contributed by atoms with van der Waals surface area (Å²) >= 11 is 1.42. The summed E-state index contributed by atoms with van der Waals surface area (Å²) in [5, 5.41) is 4.58. The monoisotopic (exact) mass is 361 g/mol. The summed E-state index contributed by atoms with van der Waals surface area (Å²) in [6.45, 7) is 0.267. The molecule has 8 heteroatoms. The third-order valence-electron chi connectivity index (χ3n) is 3.78. The topological polar surface area (TPSA) is 74.1 Å². The van der Waals surface area contributed by atoms with E-state index in [2.05, 4.69) is 10.3 Å². The number of imidazole rings is 1. The van der Waals surface area contributed by atoms with Crippen molar-refractivity contribution >= 4 is 22.2 Å². The van der Waals surface area contributed by atoms with Gasteiger partial charge in [-0.3, -0.25) is 9.20 Å². The van der Waals surface area contributed by atoms with Gasteiger partial charge in [0, 0.05) is 31.4 Å². The van der Waals surface area contributed by atoms with Gasteiger partial charge in [-0.05, 0) is 24.3 Å². The summed E-state index contributed by atoms with van der Waals surface area (Å²) in [6, 6.07) is 7.64. The van der Waals surface area contributed by atoms with Crippen molar-refractivity contribution in [2.24, 2.45) is 0 Å². The third kappa shape index (κ3) is 3.65. The zero-order valence-electron chi connectivity index (χ0n) is 14.2. The van der Waals surface area contributed by atoms with Gasteiger partial charge in [0.15, 0.2) is 11.3 Å². The maximum atomic E-state index is 12.4. The fourth-order valence-electron chi connectivity index (χ4n) is 2.38. The maximum Gasteiger partial charge on any atom is 0.269 e. The van der Waals surface area contributed by atoms with Gasteiger partial charge in [0.05, 0.1) is 19.3 Å². The highest BCUT2D eigenvalue weighted by atomic mass is 32.1. The van der Waals surface area contributed by atoms with Gasteiger partial charge in [-0.2, -0.15) is 0 Å². The number of carbonyl (C=O) groups excluding carboxylic acids is 1. The summed E-state index contributed by atoms with van der Waals surface area (Å²) in [4.78, 5) is 17.7. The highest BCUT2D eigenvalue weighted by Crippen LogP contribution is 2.25. The molecule has 0 saturated carbocycles. The molecular weight excluding hydrogens is 342 g/mol. The number of methoxy groups -OCH3 is 3. The van der Waals surface area contributed by atoms with Crippen molar-refractivity contribution in [3.05, 3.63) is 41.5 Å². The largest absolute Gasteiger partial charge is 0.497 e. The van der Waals surface area contributed by atoms with E-state index in [1.807, 2.05) is 30.5 Å². The highest BCUT2D eigenvalue weighted by molar-refractivity contribution is 7.15. The van der Waals surface area contributed by atoms with E-state index >= 15 is 0 Å². The van der Waals surface area contributed by atoms with Crippen LogP contribution in [0.4, 0.5) is 0 Å². The molecule has 0 bridgehead atoms. The van der Waals surface area contributed by atoms with Crippen LogP contribution in [0.2, 0.25) is 0 Å². The van der Waals surface area contributed by atoms with Crippen molar-refractivity contribution in [3.63, 3.8) is 0 Å². The fraction of sp³-hybridized carbons (Fsp3) is 0.294. The van der Waals surface area contributed by atoms with E-state index in [9.17, 15) is 4.79 Å². The SMILES string of the molecule is COc1ccc(-c2cn3c(C(=O)NCC(OC)OC)csc3n2)cc1. The average Bonchev–Trinajstić information content (AvgIpc) is 3.23. The van der Waals surface area contributed by atoms with E-state index in [-0.39, 0.29) is 12.5 Å². The van der Waals surface area contributed by atoms with Crippen molar-refractivity contribution in [3.8, 4) is 17.0 Å². The number of thiazole rings is 1. The van der Waals surface area contributed by atoms with Crippen LogP contribution in [0.3, 0.4) is 0 Å². The first-order valence-corrected chi connectivity index (χ1v) is 8.49. The molecule has 0 radical (unpaired) electrons. The Hall–Kier alpha value is -2.42. The Kier molecular flexibility index (Phi) is 5.32. The minimum Gasteiger partial charge on any atom is -0.497 e. The Labute approximate surface area is 149 Å². The van der Waals surface area contributed by atoms with Crippen LogP contribution in [0.5, 0.6) is 5.75 Å². The molecule has 7 nitrogen and oxygen atoms in total. The molecule has 3 aromatic rings. The molecule has 25 heavy (non-hydrogen) atoms. The number of nitrogens with zero attached hydrogens (tertiary/aromatic N) is 2. The first-order chi connectivity index (χ1) is 12.2. The Morgan fingerprint density at radius 1 is 1.24 bits per heavy atom. The Morgan fingerprint density at radius 3 is 2.60 bits per heavy atom. The van der Waals surface area contributed by atoms with Gasteiger partial charge in [-0.25, -0.2) is 4.98 Å². The van der Waals surface area contributed by atoms with E-state index in [4.69, 9.17) is 14.2 Å². The zero-order chi connectivity index (χ0) is 17.8. The predicted octanol–water partition coefficient (Wildman–Crippen LogP) is 2.42. The summed E-state index contributed by atoms with van der Waals surface area (Å²) in [5.74, 6) is 0.583. The first-order valence-electron chi connectivity index (χ1n) is 7.61. The normalized spacial score (nSPS) is 11.2. The van der Waals surface area contributed by atoms with Crippen molar-refractivity contribution in [2.45, 2.75) is 6.29 Å². The maximum absolute atomic E-state index is 12.4. The minimum absolute atomic E-state index is 0.205. The second-order valence-electron chi connectivity index (χ2n) is 5.24. The van der Waals surface area contributed by atoms with Crippen LogP contribution >= 0.6 is 11.3 Å². The lowest BCUT2D eigenvalue weighted by atomic mass is 10.2. The van der Waals surface area contributed by atoms with E-state index < -0.39 is 6.29 Å². The van der Waals surface area contributed by atoms with Gasteiger partial charge >= 0.3 is 0 Å². The Bertz CT molecular complexity index is 853. The smallest absolute Gasteiger partial charge is 0.269 e. The van der Waals surface area contributed by atoms with Crippen LogP contribution in [0.15, 0.2) is 35.8 Å². The molecule has 1 N–H and O–H groups in total. The number of nitrogens with one attached hydrogen (secondary N) is 1. The molecule has 0 aliphatic carbocycles. The third-order valence-corrected chi connectivity index (χ3v) is 4.62. The average molecular weight is 361 g/mol. The van der Waals surface area contributed by atoms with Gasteiger partial charge in [0.1, 0.15) is 11.4 Å². The second-order valence-corrected chi connectivity index (χ2v) is 6.08.